The third-order valence-electron chi connectivity index (χ3n) is 5.48. The largest absolute Gasteiger partial charge is 0.208 e. The average molecular weight is 358 g/mol. The number of benzene rings is 2. The lowest BCUT2D eigenvalue weighted by Crippen LogP contribution is -2.14. The third kappa shape index (κ3) is 3.72. The molecule has 0 saturated heterocycles. The molecule has 0 radical (unpaired) electrons. The van der Waals surface area contributed by atoms with E-state index in [0.717, 1.165) is 19.3 Å². The van der Waals surface area contributed by atoms with Crippen molar-refractivity contribution < 1.29 is 13.2 Å². The first-order valence-corrected chi connectivity index (χ1v) is 9.44. The molecule has 0 bridgehead atoms. The molecule has 138 valence electrons. The van der Waals surface area contributed by atoms with Crippen LogP contribution in [0.3, 0.4) is 0 Å². The summed E-state index contributed by atoms with van der Waals surface area (Å²) in [4.78, 5) is 0. The monoisotopic (exact) mass is 358 g/mol. The molecular weight excluding hydrogens is 333 g/mol. The van der Waals surface area contributed by atoms with Crippen LogP contribution in [0.4, 0.5) is 13.2 Å². The van der Waals surface area contributed by atoms with Crippen LogP contribution >= 0.6 is 0 Å². The zero-order valence-corrected chi connectivity index (χ0v) is 15.2. The van der Waals surface area contributed by atoms with Crippen LogP contribution in [0.25, 0.3) is 16.6 Å². The summed E-state index contributed by atoms with van der Waals surface area (Å²) < 4.78 is 43.9. The van der Waals surface area contributed by atoms with Gasteiger partial charge in [-0.25, -0.2) is 13.2 Å². The van der Waals surface area contributed by atoms with E-state index in [4.69, 9.17) is 0 Å². The minimum Gasteiger partial charge on any atom is -0.208 e. The van der Waals surface area contributed by atoms with Crippen molar-refractivity contribution in [3.05, 3.63) is 65.8 Å². The van der Waals surface area contributed by atoms with Crippen LogP contribution in [0.2, 0.25) is 0 Å². The number of rotatable bonds is 5. The topological polar surface area (TPSA) is 0 Å². The Hall–Kier alpha value is -2.03. The summed E-state index contributed by atoms with van der Waals surface area (Å²) in [5.74, 6) is -1.71. The van der Waals surface area contributed by atoms with Crippen LogP contribution in [0.1, 0.15) is 50.2 Å². The van der Waals surface area contributed by atoms with Gasteiger partial charge in [0.25, 0.3) is 0 Å². The number of aryl methyl sites for hydroxylation is 1. The second kappa shape index (κ2) is 8.11. The Morgan fingerprint density at radius 3 is 2.50 bits per heavy atom. The summed E-state index contributed by atoms with van der Waals surface area (Å²) in [5, 5.41) is 1.05. The smallest absolute Gasteiger partial charge is 0.162 e. The molecule has 0 aromatic heterocycles. The Morgan fingerprint density at radius 2 is 1.85 bits per heavy atom. The normalized spacial score (nSPS) is 21.5. The van der Waals surface area contributed by atoms with E-state index in [-0.39, 0.29) is 17.3 Å². The second-order valence-corrected chi connectivity index (χ2v) is 7.23. The highest BCUT2D eigenvalue weighted by atomic mass is 19.2. The van der Waals surface area contributed by atoms with Gasteiger partial charge in [-0.3, -0.25) is 0 Å². The predicted octanol–water partition coefficient (Wildman–Crippen LogP) is 7.53. The van der Waals surface area contributed by atoms with Gasteiger partial charge in [0.2, 0.25) is 0 Å². The molecule has 0 aliphatic heterocycles. The van der Waals surface area contributed by atoms with Crippen molar-refractivity contribution in [2.45, 2.75) is 45.4 Å². The second-order valence-electron chi connectivity index (χ2n) is 7.23. The predicted molar refractivity (Wildman–Crippen MR) is 103 cm³/mol. The molecule has 0 atom stereocenters. The molecule has 0 amide bonds. The van der Waals surface area contributed by atoms with Gasteiger partial charge in [0.05, 0.1) is 0 Å². The minimum absolute atomic E-state index is 0.184. The van der Waals surface area contributed by atoms with E-state index in [1.165, 1.54) is 6.07 Å². The average Bonchev–Trinajstić information content (AvgIpc) is 2.69. The zero-order chi connectivity index (χ0) is 18.7. The van der Waals surface area contributed by atoms with Crippen molar-refractivity contribution in [1.82, 2.24) is 0 Å². The molecule has 1 aliphatic carbocycles. The molecule has 1 saturated carbocycles. The van der Waals surface area contributed by atoms with Crippen LogP contribution in [0.5, 0.6) is 0 Å². The summed E-state index contributed by atoms with van der Waals surface area (Å²) >= 11 is 0. The maximum Gasteiger partial charge on any atom is 0.162 e. The third-order valence-corrected chi connectivity index (χ3v) is 5.48. The van der Waals surface area contributed by atoms with E-state index in [9.17, 15) is 13.2 Å². The maximum absolute atomic E-state index is 14.7. The molecular formula is C23H25F3. The summed E-state index contributed by atoms with van der Waals surface area (Å²) in [6, 6.07) is 8.09. The van der Waals surface area contributed by atoms with Gasteiger partial charge in [-0.2, -0.15) is 0 Å². The van der Waals surface area contributed by atoms with Crippen molar-refractivity contribution in [2.24, 2.45) is 11.8 Å². The van der Waals surface area contributed by atoms with Gasteiger partial charge in [0, 0.05) is 16.9 Å². The summed E-state index contributed by atoms with van der Waals surface area (Å²) in [6.07, 6.45) is 6.39. The highest BCUT2D eigenvalue weighted by Crippen LogP contribution is 2.38. The molecule has 0 spiro atoms. The van der Waals surface area contributed by atoms with Gasteiger partial charge < -0.3 is 0 Å². The molecule has 0 nitrogen and oxygen atoms in total. The van der Waals surface area contributed by atoms with E-state index in [1.54, 1.807) is 24.3 Å². The molecule has 0 heterocycles. The Morgan fingerprint density at radius 1 is 1.12 bits per heavy atom. The molecule has 26 heavy (non-hydrogen) atoms. The Balaban J connectivity index is 1.89. The summed E-state index contributed by atoms with van der Waals surface area (Å²) in [6.45, 7) is 5.78. The Labute approximate surface area is 153 Å². The quantitative estimate of drug-likeness (QED) is 0.485. The van der Waals surface area contributed by atoms with Crippen molar-refractivity contribution in [3.63, 3.8) is 0 Å². The fraction of sp³-hybridized carbons (Fsp3) is 0.391. The van der Waals surface area contributed by atoms with Crippen LogP contribution in [0, 0.1) is 17.7 Å². The Kier molecular flexibility index (Phi) is 5.85. The molecule has 3 rings (SSSR count). The van der Waals surface area contributed by atoms with E-state index in [1.807, 2.05) is 13.0 Å². The zero-order valence-electron chi connectivity index (χ0n) is 15.2. The van der Waals surface area contributed by atoms with Crippen molar-refractivity contribution >= 4 is 16.6 Å². The lowest BCUT2D eigenvalue weighted by molar-refractivity contribution is 0.305. The number of fused-ring (bicyclic) bond motifs is 1. The maximum atomic E-state index is 14.7. The first-order valence-electron chi connectivity index (χ1n) is 9.44. The van der Waals surface area contributed by atoms with Gasteiger partial charge in [-0.15, -0.1) is 6.58 Å². The van der Waals surface area contributed by atoms with E-state index >= 15 is 0 Å². The summed E-state index contributed by atoms with van der Waals surface area (Å²) in [7, 11) is 0. The van der Waals surface area contributed by atoms with Gasteiger partial charge in [0.15, 0.2) is 5.83 Å². The van der Waals surface area contributed by atoms with Gasteiger partial charge in [-0.05, 0) is 55.0 Å². The Bertz CT molecular complexity index is 827. The molecule has 2 aromatic rings. The van der Waals surface area contributed by atoms with Gasteiger partial charge >= 0.3 is 0 Å². The standard InChI is InChI=1S/C23H25F3/c1-3-5-16-10-11-18-14-19(12-13-20(18)21(16)24)23(26)22(25)17-8-6-15(4-2)7-9-17/h4,10-15,17H,2-3,5-9H2,1H3. The molecule has 0 unspecified atom stereocenters. The van der Waals surface area contributed by atoms with Crippen LogP contribution in [0.15, 0.2) is 48.8 Å². The molecule has 1 aliphatic rings. The molecule has 2 aromatic carbocycles. The van der Waals surface area contributed by atoms with Crippen molar-refractivity contribution in [1.29, 1.82) is 0 Å². The fourth-order valence-electron chi connectivity index (χ4n) is 3.86. The number of hydrogen-bond acceptors (Lipinski definition) is 0. The molecule has 0 N–H and O–H groups in total. The minimum atomic E-state index is -0.813. The van der Waals surface area contributed by atoms with Crippen molar-refractivity contribution in [2.75, 3.05) is 0 Å². The first-order chi connectivity index (χ1) is 12.5. The number of allylic oxidation sites excluding steroid dienone is 2. The van der Waals surface area contributed by atoms with E-state index in [0.29, 0.717) is 41.5 Å². The van der Waals surface area contributed by atoms with Crippen LogP contribution in [-0.4, -0.2) is 0 Å². The number of halogens is 3. The van der Waals surface area contributed by atoms with Crippen LogP contribution in [-0.2, 0) is 6.42 Å². The van der Waals surface area contributed by atoms with E-state index < -0.39 is 11.7 Å². The SMILES string of the molecule is C=CC1CCC(C(F)=C(F)c2ccc3c(F)c(CCC)ccc3c2)CC1. The van der Waals surface area contributed by atoms with E-state index in [2.05, 4.69) is 6.58 Å². The van der Waals surface area contributed by atoms with Crippen LogP contribution < -0.4 is 0 Å². The highest BCUT2D eigenvalue weighted by Gasteiger charge is 2.26. The van der Waals surface area contributed by atoms with Gasteiger partial charge in [-0.1, -0.05) is 43.7 Å². The van der Waals surface area contributed by atoms with Crippen molar-refractivity contribution in [3.8, 4) is 0 Å². The lowest BCUT2D eigenvalue weighted by atomic mass is 9.81. The highest BCUT2D eigenvalue weighted by molar-refractivity contribution is 5.87. The molecule has 1 fully saturated rings. The van der Waals surface area contributed by atoms with Gasteiger partial charge in [0.1, 0.15) is 11.6 Å². The fourth-order valence-corrected chi connectivity index (χ4v) is 3.86. The summed E-state index contributed by atoms with van der Waals surface area (Å²) in [5.41, 5.74) is 0.845. The number of hydrogen-bond donors (Lipinski definition) is 0. The molecule has 3 heteroatoms. The lowest BCUT2D eigenvalue weighted by Gasteiger charge is -2.25. The first kappa shape index (κ1) is 18.8.